The molecule has 4 nitrogen and oxygen atoms in total. The van der Waals surface area contributed by atoms with Gasteiger partial charge < -0.3 is 10.5 Å². The van der Waals surface area contributed by atoms with Gasteiger partial charge in [0.2, 0.25) is 0 Å². The van der Waals surface area contributed by atoms with Gasteiger partial charge in [-0.3, -0.25) is 4.68 Å². The fraction of sp³-hybridized carbons (Fsp3) is 0.235. The van der Waals surface area contributed by atoms with Crippen molar-refractivity contribution >= 4 is 10.9 Å². The topological polar surface area (TPSA) is 53.1 Å². The number of nitrogens with zero attached hydrogens (tertiary/aromatic N) is 2. The summed E-state index contributed by atoms with van der Waals surface area (Å²) in [6.45, 7) is 2.01. The molecule has 0 unspecified atom stereocenters. The van der Waals surface area contributed by atoms with Crippen LogP contribution in [0, 0.1) is 0 Å². The van der Waals surface area contributed by atoms with Gasteiger partial charge in [0.25, 0.3) is 0 Å². The Labute approximate surface area is 124 Å². The van der Waals surface area contributed by atoms with Crippen molar-refractivity contribution in [3.05, 3.63) is 60.3 Å². The highest BCUT2D eigenvalue weighted by Gasteiger charge is 2.01. The van der Waals surface area contributed by atoms with Gasteiger partial charge in [0.15, 0.2) is 0 Å². The van der Waals surface area contributed by atoms with Crippen molar-refractivity contribution < 1.29 is 4.74 Å². The quantitative estimate of drug-likeness (QED) is 0.755. The monoisotopic (exact) mass is 281 g/mol. The lowest BCUT2D eigenvalue weighted by Crippen LogP contribution is -2.09. The van der Waals surface area contributed by atoms with Gasteiger partial charge in [-0.1, -0.05) is 30.3 Å². The molecule has 0 saturated carbocycles. The predicted molar refractivity (Wildman–Crippen MR) is 84.4 cm³/mol. The molecule has 1 heterocycles. The maximum absolute atomic E-state index is 5.77. The molecule has 0 saturated heterocycles. The van der Waals surface area contributed by atoms with Crippen molar-refractivity contribution in [1.82, 2.24) is 9.78 Å². The molecule has 0 bridgehead atoms. The van der Waals surface area contributed by atoms with Crippen molar-refractivity contribution in [2.24, 2.45) is 5.73 Å². The SMILES string of the molecule is NCCc1ccc(OCCn2ncc3ccccc32)cc1. The van der Waals surface area contributed by atoms with Gasteiger partial charge in [0.05, 0.1) is 18.3 Å². The Morgan fingerprint density at radius 3 is 2.67 bits per heavy atom. The van der Waals surface area contributed by atoms with Crippen LogP contribution in [0.1, 0.15) is 5.56 Å². The number of fused-ring (bicyclic) bond motifs is 1. The lowest BCUT2D eigenvalue weighted by molar-refractivity contribution is 0.293. The third kappa shape index (κ3) is 3.23. The van der Waals surface area contributed by atoms with Crippen LogP contribution in [-0.4, -0.2) is 22.9 Å². The predicted octanol–water partition coefficient (Wildman–Crippen LogP) is 2.62. The van der Waals surface area contributed by atoms with E-state index in [1.165, 1.54) is 5.56 Å². The third-order valence-electron chi connectivity index (χ3n) is 3.48. The second-order valence-corrected chi connectivity index (χ2v) is 4.96. The summed E-state index contributed by atoms with van der Waals surface area (Å²) >= 11 is 0. The minimum atomic E-state index is 0.599. The van der Waals surface area contributed by atoms with Crippen LogP contribution in [0.5, 0.6) is 5.75 Å². The molecule has 21 heavy (non-hydrogen) atoms. The lowest BCUT2D eigenvalue weighted by atomic mass is 10.1. The molecule has 3 rings (SSSR count). The number of nitrogens with two attached hydrogens (primary N) is 1. The Hall–Kier alpha value is -2.33. The molecule has 2 aromatic carbocycles. The highest BCUT2D eigenvalue weighted by Crippen LogP contribution is 2.14. The molecule has 0 atom stereocenters. The maximum atomic E-state index is 5.77. The van der Waals surface area contributed by atoms with Gasteiger partial charge in [-0.25, -0.2) is 0 Å². The second kappa shape index (κ2) is 6.41. The first-order chi connectivity index (χ1) is 10.4. The fourth-order valence-electron chi connectivity index (χ4n) is 2.37. The number of aromatic nitrogens is 2. The van der Waals surface area contributed by atoms with Crippen molar-refractivity contribution in [2.45, 2.75) is 13.0 Å². The molecule has 0 aliphatic heterocycles. The summed E-state index contributed by atoms with van der Waals surface area (Å²) in [5, 5.41) is 5.54. The van der Waals surface area contributed by atoms with E-state index < -0.39 is 0 Å². The molecule has 0 fully saturated rings. The molecule has 0 spiro atoms. The number of ether oxygens (including phenoxy) is 1. The van der Waals surface area contributed by atoms with Crippen molar-refractivity contribution in [1.29, 1.82) is 0 Å². The minimum Gasteiger partial charge on any atom is -0.492 e. The van der Waals surface area contributed by atoms with E-state index in [9.17, 15) is 0 Å². The van der Waals surface area contributed by atoms with Gasteiger partial charge in [-0.05, 0) is 36.7 Å². The summed E-state index contributed by atoms with van der Waals surface area (Å²) in [4.78, 5) is 0. The number of rotatable bonds is 6. The molecule has 108 valence electrons. The molecule has 0 aliphatic carbocycles. The van der Waals surface area contributed by atoms with E-state index in [2.05, 4.69) is 29.4 Å². The lowest BCUT2D eigenvalue weighted by Gasteiger charge is -2.08. The third-order valence-corrected chi connectivity index (χ3v) is 3.48. The van der Waals surface area contributed by atoms with Crippen LogP contribution >= 0.6 is 0 Å². The van der Waals surface area contributed by atoms with Crippen LogP contribution in [0.25, 0.3) is 10.9 Å². The molecule has 1 aromatic heterocycles. The summed E-state index contributed by atoms with van der Waals surface area (Å²) < 4.78 is 7.74. The number of hydrogen-bond donors (Lipinski definition) is 1. The zero-order valence-electron chi connectivity index (χ0n) is 11.9. The Bertz CT molecular complexity index is 703. The van der Waals surface area contributed by atoms with Gasteiger partial charge in [0.1, 0.15) is 12.4 Å². The summed E-state index contributed by atoms with van der Waals surface area (Å²) in [6, 6.07) is 16.3. The van der Waals surface area contributed by atoms with E-state index in [1.54, 1.807) is 0 Å². The van der Waals surface area contributed by atoms with E-state index >= 15 is 0 Å². The summed E-state index contributed by atoms with van der Waals surface area (Å²) in [7, 11) is 0. The number of benzene rings is 2. The first-order valence-corrected chi connectivity index (χ1v) is 7.19. The van der Waals surface area contributed by atoms with E-state index in [-0.39, 0.29) is 0 Å². The number of hydrogen-bond acceptors (Lipinski definition) is 3. The molecule has 0 amide bonds. The van der Waals surface area contributed by atoms with Gasteiger partial charge in [0, 0.05) is 5.39 Å². The smallest absolute Gasteiger partial charge is 0.119 e. The van der Waals surface area contributed by atoms with Gasteiger partial charge in [-0.15, -0.1) is 0 Å². The molecule has 4 heteroatoms. The summed E-state index contributed by atoms with van der Waals surface area (Å²) in [6.07, 6.45) is 2.79. The Balaban J connectivity index is 1.58. The van der Waals surface area contributed by atoms with E-state index in [1.807, 2.05) is 35.1 Å². The highest BCUT2D eigenvalue weighted by atomic mass is 16.5. The molecule has 0 radical (unpaired) electrons. The van der Waals surface area contributed by atoms with E-state index in [0.717, 1.165) is 29.6 Å². The standard InChI is InChI=1S/C17H19N3O/c18-10-9-14-5-7-16(8-6-14)21-12-11-20-17-4-2-1-3-15(17)13-19-20/h1-8,13H,9-12,18H2. The normalized spacial score (nSPS) is 10.9. The molecule has 0 aliphatic rings. The Kier molecular flexibility index (Phi) is 4.17. The van der Waals surface area contributed by atoms with Gasteiger partial charge in [-0.2, -0.15) is 5.10 Å². The van der Waals surface area contributed by atoms with E-state index in [4.69, 9.17) is 10.5 Å². The minimum absolute atomic E-state index is 0.599. The summed E-state index contributed by atoms with van der Waals surface area (Å²) in [5.74, 6) is 0.882. The largest absolute Gasteiger partial charge is 0.492 e. The zero-order valence-corrected chi connectivity index (χ0v) is 11.9. The summed E-state index contributed by atoms with van der Waals surface area (Å²) in [5.41, 5.74) is 7.91. The van der Waals surface area contributed by atoms with Gasteiger partial charge >= 0.3 is 0 Å². The van der Waals surface area contributed by atoms with Crippen molar-refractivity contribution in [3.8, 4) is 5.75 Å². The first-order valence-electron chi connectivity index (χ1n) is 7.19. The molecule has 2 N–H and O–H groups in total. The highest BCUT2D eigenvalue weighted by molar-refractivity contribution is 5.78. The van der Waals surface area contributed by atoms with Crippen LogP contribution in [0.2, 0.25) is 0 Å². The van der Waals surface area contributed by atoms with Crippen LogP contribution in [0.4, 0.5) is 0 Å². The second-order valence-electron chi connectivity index (χ2n) is 4.96. The van der Waals surface area contributed by atoms with Crippen molar-refractivity contribution in [2.75, 3.05) is 13.2 Å². The Morgan fingerprint density at radius 1 is 1.05 bits per heavy atom. The van der Waals surface area contributed by atoms with E-state index in [0.29, 0.717) is 13.2 Å². The van der Waals surface area contributed by atoms with Crippen LogP contribution in [-0.2, 0) is 13.0 Å². The zero-order chi connectivity index (χ0) is 14.5. The molecule has 3 aromatic rings. The maximum Gasteiger partial charge on any atom is 0.119 e. The molecular weight excluding hydrogens is 262 g/mol. The van der Waals surface area contributed by atoms with Crippen molar-refractivity contribution in [3.63, 3.8) is 0 Å². The van der Waals surface area contributed by atoms with Crippen LogP contribution in [0.3, 0.4) is 0 Å². The molecular formula is C17H19N3O. The average molecular weight is 281 g/mol. The van der Waals surface area contributed by atoms with Crippen LogP contribution in [0.15, 0.2) is 54.7 Å². The number of para-hydroxylation sites is 1. The average Bonchev–Trinajstić information content (AvgIpc) is 2.93. The fourth-order valence-corrected chi connectivity index (χ4v) is 2.37. The first kappa shape index (κ1) is 13.6. The van der Waals surface area contributed by atoms with Crippen LogP contribution < -0.4 is 10.5 Å². The Morgan fingerprint density at radius 2 is 1.86 bits per heavy atom.